The van der Waals surface area contributed by atoms with E-state index in [0.717, 1.165) is 56.9 Å². The smallest absolute Gasteiger partial charge is 0.141 e. The summed E-state index contributed by atoms with van der Waals surface area (Å²) in [7, 11) is 0. The molecule has 128 valence electrons. The Balaban J connectivity index is 1.66. The van der Waals surface area contributed by atoms with Gasteiger partial charge in [0.1, 0.15) is 11.6 Å². The van der Waals surface area contributed by atoms with Crippen molar-refractivity contribution in [2.24, 2.45) is 0 Å². The van der Waals surface area contributed by atoms with Crippen molar-refractivity contribution in [2.45, 2.75) is 37.3 Å². The largest absolute Gasteiger partial charge is 0.506 e. The zero-order chi connectivity index (χ0) is 16.6. The second kappa shape index (κ2) is 6.39. The van der Waals surface area contributed by atoms with Gasteiger partial charge in [-0.25, -0.2) is 4.98 Å². The van der Waals surface area contributed by atoms with Crippen molar-refractivity contribution in [3.8, 4) is 17.1 Å². The molecular formula is C18H21ClN2O3. The van der Waals surface area contributed by atoms with Gasteiger partial charge in [0, 0.05) is 43.8 Å². The summed E-state index contributed by atoms with van der Waals surface area (Å²) in [6.07, 6.45) is 7.58. The highest BCUT2D eigenvalue weighted by Crippen LogP contribution is 2.41. The summed E-state index contributed by atoms with van der Waals surface area (Å²) < 4.78 is 13.8. The first-order valence-electron chi connectivity index (χ1n) is 8.41. The lowest BCUT2D eigenvalue weighted by Gasteiger charge is -2.43. The fraction of sp³-hybridized carbons (Fsp3) is 0.500. The van der Waals surface area contributed by atoms with Gasteiger partial charge in [-0.15, -0.1) is 0 Å². The van der Waals surface area contributed by atoms with E-state index in [1.165, 1.54) is 0 Å². The van der Waals surface area contributed by atoms with Gasteiger partial charge in [-0.1, -0.05) is 17.7 Å². The van der Waals surface area contributed by atoms with Crippen molar-refractivity contribution < 1.29 is 14.6 Å². The summed E-state index contributed by atoms with van der Waals surface area (Å²) in [6.45, 7) is 2.28. The number of phenolic OH excluding ortho intramolecular Hbond substituents is 1. The predicted octanol–water partition coefficient (Wildman–Crippen LogP) is 3.81. The molecule has 1 N–H and O–H groups in total. The van der Waals surface area contributed by atoms with E-state index in [1.54, 1.807) is 18.3 Å². The quantitative estimate of drug-likeness (QED) is 0.896. The van der Waals surface area contributed by atoms with Crippen LogP contribution in [0, 0.1) is 0 Å². The number of phenols is 1. The highest BCUT2D eigenvalue weighted by Gasteiger charge is 2.40. The summed E-state index contributed by atoms with van der Waals surface area (Å²) in [6, 6.07) is 5.59. The number of rotatable bonds is 2. The molecule has 0 aliphatic carbocycles. The van der Waals surface area contributed by atoms with Gasteiger partial charge in [-0.3, -0.25) is 0 Å². The van der Waals surface area contributed by atoms with Crippen LogP contribution in [-0.2, 0) is 9.47 Å². The van der Waals surface area contributed by atoms with Gasteiger partial charge in [-0.2, -0.15) is 0 Å². The van der Waals surface area contributed by atoms with Crippen molar-refractivity contribution >= 4 is 11.6 Å². The maximum atomic E-state index is 9.90. The summed E-state index contributed by atoms with van der Waals surface area (Å²) in [5, 5.41) is 10.2. The van der Waals surface area contributed by atoms with Crippen LogP contribution in [-0.4, -0.2) is 40.1 Å². The molecule has 1 aromatic carbocycles. The molecule has 2 aliphatic heterocycles. The SMILES string of the molecule is Oc1cccc(-c2nccn2C2CCOC3(CCOCC3)C2)c1Cl. The summed E-state index contributed by atoms with van der Waals surface area (Å²) in [5.74, 6) is 0.876. The molecule has 24 heavy (non-hydrogen) atoms. The van der Waals surface area contributed by atoms with Crippen molar-refractivity contribution in [1.82, 2.24) is 9.55 Å². The second-order valence-corrected chi connectivity index (χ2v) is 6.97. The van der Waals surface area contributed by atoms with E-state index >= 15 is 0 Å². The molecule has 0 saturated carbocycles. The van der Waals surface area contributed by atoms with Crippen LogP contribution in [0.25, 0.3) is 11.4 Å². The Bertz CT molecular complexity index is 719. The lowest BCUT2D eigenvalue weighted by atomic mass is 9.84. The third-order valence-corrected chi connectivity index (χ3v) is 5.55. The highest BCUT2D eigenvalue weighted by molar-refractivity contribution is 6.34. The Morgan fingerprint density at radius 1 is 1.25 bits per heavy atom. The molecule has 2 saturated heterocycles. The number of halogens is 1. The van der Waals surface area contributed by atoms with Crippen LogP contribution in [0.15, 0.2) is 30.6 Å². The number of benzene rings is 1. The number of aromatic hydroxyl groups is 1. The molecular weight excluding hydrogens is 328 g/mol. The topological polar surface area (TPSA) is 56.5 Å². The normalized spacial score (nSPS) is 23.5. The van der Waals surface area contributed by atoms with Crippen LogP contribution in [0.3, 0.4) is 0 Å². The number of hydrogen-bond acceptors (Lipinski definition) is 4. The first kappa shape index (κ1) is 15.9. The molecule has 1 aromatic heterocycles. The van der Waals surface area contributed by atoms with Gasteiger partial charge >= 0.3 is 0 Å². The second-order valence-electron chi connectivity index (χ2n) is 6.59. The Morgan fingerprint density at radius 2 is 2.08 bits per heavy atom. The molecule has 3 heterocycles. The van der Waals surface area contributed by atoms with Crippen LogP contribution in [0.4, 0.5) is 0 Å². The van der Waals surface area contributed by atoms with Gasteiger partial charge in [-0.05, 0) is 37.8 Å². The Labute approximate surface area is 146 Å². The highest BCUT2D eigenvalue weighted by atomic mass is 35.5. The minimum atomic E-state index is -0.0780. The van der Waals surface area contributed by atoms with E-state index in [1.807, 2.05) is 12.3 Å². The fourth-order valence-corrected chi connectivity index (χ4v) is 4.05. The van der Waals surface area contributed by atoms with E-state index in [-0.39, 0.29) is 11.4 Å². The molecule has 1 spiro atoms. The minimum absolute atomic E-state index is 0.0780. The van der Waals surface area contributed by atoms with Gasteiger partial charge < -0.3 is 19.1 Å². The van der Waals surface area contributed by atoms with Crippen molar-refractivity contribution in [2.75, 3.05) is 19.8 Å². The Morgan fingerprint density at radius 3 is 2.92 bits per heavy atom. The molecule has 2 fully saturated rings. The first-order valence-corrected chi connectivity index (χ1v) is 8.79. The summed E-state index contributed by atoms with van der Waals surface area (Å²) >= 11 is 6.29. The van der Waals surface area contributed by atoms with Gasteiger partial charge in [0.2, 0.25) is 0 Å². The lowest BCUT2D eigenvalue weighted by molar-refractivity contribution is -0.144. The number of imidazole rings is 1. The van der Waals surface area contributed by atoms with Crippen LogP contribution >= 0.6 is 11.6 Å². The van der Waals surface area contributed by atoms with Crippen molar-refractivity contribution in [3.05, 3.63) is 35.6 Å². The predicted molar refractivity (Wildman–Crippen MR) is 91.3 cm³/mol. The molecule has 6 heteroatoms. The average Bonchev–Trinajstić information content (AvgIpc) is 3.07. The zero-order valence-electron chi connectivity index (χ0n) is 13.4. The zero-order valence-corrected chi connectivity index (χ0v) is 14.2. The van der Waals surface area contributed by atoms with Crippen molar-refractivity contribution in [3.63, 3.8) is 0 Å². The summed E-state index contributed by atoms with van der Waals surface area (Å²) in [4.78, 5) is 4.50. The summed E-state index contributed by atoms with van der Waals surface area (Å²) in [5.41, 5.74) is 0.680. The molecule has 0 amide bonds. The molecule has 1 unspecified atom stereocenters. The average molecular weight is 349 g/mol. The minimum Gasteiger partial charge on any atom is -0.506 e. The van der Waals surface area contributed by atoms with E-state index in [0.29, 0.717) is 11.1 Å². The molecule has 2 aliphatic rings. The van der Waals surface area contributed by atoms with Gasteiger partial charge in [0.25, 0.3) is 0 Å². The lowest BCUT2D eigenvalue weighted by Crippen LogP contribution is -2.44. The van der Waals surface area contributed by atoms with Crippen LogP contribution in [0.1, 0.15) is 31.7 Å². The number of nitrogens with zero attached hydrogens (tertiary/aromatic N) is 2. The van der Waals surface area contributed by atoms with E-state index in [9.17, 15) is 5.11 Å². The molecule has 0 bridgehead atoms. The molecule has 5 nitrogen and oxygen atoms in total. The van der Waals surface area contributed by atoms with Crippen LogP contribution in [0.2, 0.25) is 5.02 Å². The van der Waals surface area contributed by atoms with Gasteiger partial charge in [0.15, 0.2) is 0 Å². The van der Waals surface area contributed by atoms with Crippen LogP contribution in [0.5, 0.6) is 5.75 Å². The molecule has 2 aromatic rings. The van der Waals surface area contributed by atoms with E-state index in [4.69, 9.17) is 21.1 Å². The number of hydrogen-bond donors (Lipinski definition) is 1. The third-order valence-electron chi connectivity index (χ3n) is 5.15. The molecule has 0 radical (unpaired) electrons. The van der Waals surface area contributed by atoms with Gasteiger partial charge in [0.05, 0.1) is 10.6 Å². The monoisotopic (exact) mass is 348 g/mol. The van der Waals surface area contributed by atoms with E-state index < -0.39 is 0 Å². The van der Waals surface area contributed by atoms with Crippen molar-refractivity contribution in [1.29, 1.82) is 0 Å². The third kappa shape index (κ3) is 2.81. The number of ether oxygens (including phenoxy) is 2. The molecule has 1 atom stereocenters. The standard InChI is InChI=1S/C18H21ClN2O3/c19-16-14(2-1-3-15(16)22)17-20-7-8-21(17)13-4-9-24-18(12-13)5-10-23-11-6-18/h1-3,7-8,13,22H,4-6,9-12H2. The maximum absolute atomic E-state index is 9.90. The number of aromatic nitrogens is 2. The first-order chi connectivity index (χ1) is 11.7. The Hall–Kier alpha value is -1.56. The van der Waals surface area contributed by atoms with E-state index in [2.05, 4.69) is 9.55 Å². The Kier molecular flexibility index (Phi) is 4.24. The maximum Gasteiger partial charge on any atom is 0.141 e. The van der Waals surface area contributed by atoms with Crippen LogP contribution < -0.4 is 0 Å². The fourth-order valence-electron chi connectivity index (χ4n) is 3.84. The molecule has 4 rings (SSSR count).